The Hall–Kier alpha value is -2.67. The van der Waals surface area contributed by atoms with E-state index in [1.807, 2.05) is 0 Å². The van der Waals surface area contributed by atoms with Gasteiger partial charge in [0.05, 0.1) is 11.4 Å². The van der Waals surface area contributed by atoms with Gasteiger partial charge in [0.15, 0.2) is 0 Å². The number of nitrogens with zero attached hydrogens (tertiary/aromatic N) is 2. The lowest BCUT2D eigenvalue weighted by molar-refractivity contribution is -0.124. The number of carbonyl (C=O) groups is 2. The van der Waals surface area contributed by atoms with Crippen LogP contribution in [0, 0.1) is 18.7 Å². The van der Waals surface area contributed by atoms with E-state index in [1.54, 1.807) is 39.0 Å². The summed E-state index contributed by atoms with van der Waals surface area (Å²) in [5.74, 6) is -0.808. The third-order valence-electron chi connectivity index (χ3n) is 3.77. The van der Waals surface area contributed by atoms with Crippen molar-refractivity contribution >= 4 is 29.5 Å². The Balaban J connectivity index is 1.97. The lowest BCUT2D eigenvalue weighted by atomic mass is 10.2. The Bertz CT molecular complexity index is 844. The summed E-state index contributed by atoms with van der Waals surface area (Å²) in [4.78, 5) is 23.3. The molecule has 1 heterocycles. The summed E-state index contributed by atoms with van der Waals surface area (Å²) in [5.41, 5.74) is 1.86. The monoisotopic (exact) mass is 392 g/mol. The molecule has 1 aromatic carbocycles. The number of aryl methyl sites for hydroxylation is 1. The summed E-state index contributed by atoms with van der Waals surface area (Å²) >= 11 is 6.35. The summed E-state index contributed by atoms with van der Waals surface area (Å²) < 4.78 is 14.5. The van der Waals surface area contributed by atoms with Crippen LogP contribution in [0.15, 0.2) is 30.3 Å². The number of hydrogen-bond acceptors (Lipinski definition) is 3. The van der Waals surface area contributed by atoms with Crippen LogP contribution in [0.5, 0.6) is 0 Å². The van der Waals surface area contributed by atoms with E-state index in [-0.39, 0.29) is 23.5 Å². The van der Waals surface area contributed by atoms with E-state index >= 15 is 0 Å². The SMILES string of the molecule is Cc1nn(-c2ccc(F)cc2)c(Cl)c1C=CC(=O)NCCNC(=O)C(C)C. The third kappa shape index (κ3) is 5.65. The first-order valence-electron chi connectivity index (χ1n) is 8.54. The number of benzene rings is 1. The molecule has 2 amide bonds. The molecule has 2 aromatic rings. The second kappa shape index (κ2) is 9.32. The number of carbonyl (C=O) groups excluding carboxylic acids is 2. The van der Waals surface area contributed by atoms with Gasteiger partial charge < -0.3 is 10.6 Å². The van der Waals surface area contributed by atoms with Crippen molar-refractivity contribution in [3.8, 4) is 5.69 Å². The smallest absolute Gasteiger partial charge is 0.244 e. The Morgan fingerprint density at radius 2 is 1.85 bits per heavy atom. The van der Waals surface area contributed by atoms with E-state index < -0.39 is 0 Å². The van der Waals surface area contributed by atoms with Crippen LogP contribution in [0.25, 0.3) is 11.8 Å². The fourth-order valence-corrected chi connectivity index (χ4v) is 2.58. The van der Waals surface area contributed by atoms with Gasteiger partial charge in [0.1, 0.15) is 11.0 Å². The van der Waals surface area contributed by atoms with Crippen molar-refractivity contribution < 1.29 is 14.0 Å². The second-order valence-corrected chi connectivity index (χ2v) is 6.61. The largest absolute Gasteiger partial charge is 0.354 e. The van der Waals surface area contributed by atoms with E-state index in [2.05, 4.69) is 15.7 Å². The van der Waals surface area contributed by atoms with Gasteiger partial charge in [-0.15, -0.1) is 0 Å². The van der Waals surface area contributed by atoms with Crippen LogP contribution in [0.1, 0.15) is 25.1 Å². The maximum absolute atomic E-state index is 13.1. The van der Waals surface area contributed by atoms with Gasteiger partial charge in [-0.1, -0.05) is 25.4 Å². The molecule has 6 nitrogen and oxygen atoms in total. The first-order valence-corrected chi connectivity index (χ1v) is 8.92. The number of rotatable bonds is 7. The van der Waals surface area contributed by atoms with E-state index in [0.29, 0.717) is 35.2 Å². The molecule has 0 aliphatic heterocycles. The summed E-state index contributed by atoms with van der Waals surface area (Å²) in [6.07, 6.45) is 2.93. The standard InChI is InChI=1S/C19H22ClFN4O2/c1-12(2)19(27)23-11-10-22-17(26)9-8-16-13(3)24-25(18(16)20)15-6-4-14(21)5-7-15/h4-9,12H,10-11H2,1-3H3,(H,22,26)(H,23,27). The second-order valence-electron chi connectivity index (χ2n) is 6.25. The molecule has 0 saturated heterocycles. The third-order valence-corrected chi connectivity index (χ3v) is 4.13. The summed E-state index contributed by atoms with van der Waals surface area (Å²) in [6.45, 7) is 6.05. The molecule has 0 bridgehead atoms. The minimum absolute atomic E-state index is 0.0598. The van der Waals surface area contributed by atoms with Crippen LogP contribution in [0.2, 0.25) is 5.15 Å². The Labute approximate surface area is 162 Å². The molecule has 0 radical (unpaired) electrons. The van der Waals surface area contributed by atoms with Gasteiger partial charge in [0.2, 0.25) is 11.8 Å². The number of hydrogen-bond donors (Lipinski definition) is 2. The molecule has 0 fully saturated rings. The summed E-state index contributed by atoms with van der Waals surface area (Å²) in [7, 11) is 0. The fourth-order valence-electron chi connectivity index (χ4n) is 2.25. The highest BCUT2D eigenvalue weighted by molar-refractivity contribution is 6.31. The van der Waals surface area contributed by atoms with Crippen molar-refractivity contribution in [1.82, 2.24) is 20.4 Å². The highest BCUT2D eigenvalue weighted by Crippen LogP contribution is 2.24. The molecule has 2 rings (SSSR count). The first-order chi connectivity index (χ1) is 12.8. The van der Waals surface area contributed by atoms with Crippen molar-refractivity contribution in [2.24, 2.45) is 5.92 Å². The molecular weight excluding hydrogens is 371 g/mol. The molecule has 1 aromatic heterocycles. The van der Waals surface area contributed by atoms with Gasteiger partial charge in [0.25, 0.3) is 0 Å². The van der Waals surface area contributed by atoms with Crippen molar-refractivity contribution in [3.63, 3.8) is 0 Å². The van der Waals surface area contributed by atoms with Gasteiger partial charge >= 0.3 is 0 Å². The zero-order valence-corrected chi connectivity index (χ0v) is 16.2. The summed E-state index contributed by atoms with van der Waals surface area (Å²) in [6, 6.07) is 5.78. The van der Waals surface area contributed by atoms with Crippen molar-refractivity contribution in [2.45, 2.75) is 20.8 Å². The van der Waals surface area contributed by atoms with Crippen molar-refractivity contribution in [1.29, 1.82) is 0 Å². The minimum Gasteiger partial charge on any atom is -0.354 e. The van der Waals surface area contributed by atoms with E-state index in [4.69, 9.17) is 11.6 Å². The first kappa shape index (κ1) is 20.6. The van der Waals surface area contributed by atoms with Gasteiger partial charge in [0, 0.05) is 30.6 Å². The quantitative estimate of drug-likeness (QED) is 0.562. The lowest BCUT2D eigenvalue weighted by Crippen LogP contribution is -2.35. The van der Waals surface area contributed by atoms with Gasteiger partial charge in [-0.3, -0.25) is 9.59 Å². The Kier molecular flexibility index (Phi) is 7.12. The molecular formula is C19H22ClFN4O2. The highest BCUT2D eigenvalue weighted by Gasteiger charge is 2.13. The Morgan fingerprint density at radius 1 is 1.22 bits per heavy atom. The topological polar surface area (TPSA) is 76.0 Å². The van der Waals surface area contributed by atoms with E-state index in [9.17, 15) is 14.0 Å². The number of amides is 2. The fraction of sp³-hybridized carbons (Fsp3) is 0.316. The van der Waals surface area contributed by atoms with Crippen molar-refractivity contribution in [3.05, 3.63) is 52.6 Å². The van der Waals surface area contributed by atoms with Crippen LogP contribution < -0.4 is 10.6 Å². The van der Waals surface area contributed by atoms with Gasteiger partial charge in [-0.25, -0.2) is 9.07 Å². The average molecular weight is 393 g/mol. The molecule has 0 atom stereocenters. The van der Waals surface area contributed by atoms with Crippen LogP contribution >= 0.6 is 11.6 Å². The predicted molar refractivity (Wildman–Crippen MR) is 103 cm³/mol. The van der Waals surface area contributed by atoms with Gasteiger partial charge in [-0.2, -0.15) is 5.10 Å². The molecule has 8 heteroatoms. The molecule has 144 valence electrons. The molecule has 0 aliphatic carbocycles. The maximum Gasteiger partial charge on any atom is 0.244 e. The minimum atomic E-state index is -0.347. The van der Waals surface area contributed by atoms with Crippen LogP contribution in [-0.4, -0.2) is 34.7 Å². The lowest BCUT2D eigenvalue weighted by Gasteiger charge is -2.07. The molecule has 0 saturated carbocycles. The molecule has 2 N–H and O–H groups in total. The van der Waals surface area contributed by atoms with Crippen molar-refractivity contribution in [2.75, 3.05) is 13.1 Å². The maximum atomic E-state index is 13.1. The number of aromatic nitrogens is 2. The van der Waals surface area contributed by atoms with Crippen LogP contribution in [0.4, 0.5) is 4.39 Å². The molecule has 0 aliphatic rings. The summed E-state index contributed by atoms with van der Waals surface area (Å²) in [5, 5.41) is 10.1. The van der Waals surface area contributed by atoms with E-state index in [0.717, 1.165) is 0 Å². The average Bonchev–Trinajstić information content (AvgIpc) is 2.91. The molecule has 0 unspecified atom stereocenters. The number of halogens is 2. The zero-order chi connectivity index (χ0) is 20.0. The highest BCUT2D eigenvalue weighted by atomic mass is 35.5. The predicted octanol–water partition coefficient (Wildman–Crippen LogP) is 2.87. The zero-order valence-electron chi connectivity index (χ0n) is 15.4. The molecule has 27 heavy (non-hydrogen) atoms. The van der Waals surface area contributed by atoms with E-state index in [1.165, 1.54) is 22.9 Å². The van der Waals surface area contributed by atoms with Crippen LogP contribution in [-0.2, 0) is 9.59 Å². The van der Waals surface area contributed by atoms with Gasteiger partial charge in [-0.05, 0) is 37.3 Å². The molecule has 0 spiro atoms. The Morgan fingerprint density at radius 3 is 2.48 bits per heavy atom. The normalized spacial score (nSPS) is 11.2. The number of nitrogens with one attached hydrogen (secondary N) is 2. The van der Waals surface area contributed by atoms with Crippen LogP contribution in [0.3, 0.4) is 0 Å².